The second-order valence-corrected chi connectivity index (χ2v) is 6.71. The van der Waals surface area contributed by atoms with Crippen LogP contribution in [-0.2, 0) is 0 Å². The third-order valence-electron chi connectivity index (χ3n) is 4.92. The molecule has 0 aliphatic heterocycles. The Hall–Kier alpha value is -3.23. The summed E-state index contributed by atoms with van der Waals surface area (Å²) in [5.74, 6) is -0.871. The molecule has 0 bridgehead atoms. The van der Waals surface area contributed by atoms with Gasteiger partial charge in [0.15, 0.2) is 0 Å². The van der Waals surface area contributed by atoms with Crippen molar-refractivity contribution in [3.63, 3.8) is 0 Å². The minimum absolute atomic E-state index is 0.0947. The Kier molecular flexibility index (Phi) is 6.03. The molecule has 1 aliphatic rings. The van der Waals surface area contributed by atoms with Crippen molar-refractivity contribution < 1.29 is 9.90 Å². The fraction of sp³-hybridized carbons (Fsp3) is 0.421. The smallest absolute Gasteiger partial charge is 0.331 e. The summed E-state index contributed by atoms with van der Waals surface area (Å²) in [6.07, 6.45) is 7.77. The van der Waals surface area contributed by atoms with E-state index in [1.54, 1.807) is 6.92 Å². The van der Waals surface area contributed by atoms with Crippen molar-refractivity contribution in [3.05, 3.63) is 56.5 Å². The summed E-state index contributed by atoms with van der Waals surface area (Å²) in [5, 5.41) is 14.8. The van der Waals surface area contributed by atoms with E-state index in [2.05, 4.69) is 20.5 Å². The molecule has 0 aromatic carbocycles. The summed E-state index contributed by atoms with van der Waals surface area (Å²) in [4.78, 5) is 43.0. The highest BCUT2D eigenvalue weighted by Crippen LogP contribution is 2.30. The largest absolute Gasteiger partial charge is 0.494 e. The highest BCUT2D eigenvalue weighted by atomic mass is 16.3. The van der Waals surface area contributed by atoms with Gasteiger partial charge in [0, 0.05) is 24.0 Å². The van der Waals surface area contributed by atoms with E-state index in [9.17, 15) is 19.5 Å². The van der Waals surface area contributed by atoms with E-state index in [4.69, 9.17) is 0 Å². The van der Waals surface area contributed by atoms with E-state index in [-0.39, 0.29) is 23.7 Å². The van der Waals surface area contributed by atoms with Gasteiger partial charge < -0.3 is 5.11 Å². The molecule has 148 valence electrons. The van der Waals surface area contributed by atoms with Crippen LogP contribution >= 0.6 is 0 Å². The van der Waals surface area contributed by atoms with Gasteiger partial charge in [-0.05, 0) is 31.4 Å². The standard InChI is InChI=1S/C19H23N5O4/c1-2-14(22-23-16(25)12-8-10-20-11-9-12)15-17(26)21-19(28)24(18(15)27)13-6-4-3-5-7-13/h8-11,13,27H,2-7H2,1H3,(H,23,25)(H,21,26,28)/b22-14+. The zero-order valence-corrected chi connectivity index (χ0v) is 15.6. The quantitative estimate of drug-likeness (QED) is 0.533. The van der Waals surface area contributed by atoms with Gasteiger partial charge in [-0.25, -0.2) is 10.2 Å². The number of carbonyl (C=O) groups excluding carboxylic acids is 1. The second kappa shape index (κ2) is 8.64. The Labute approximate surface area is 161 Å². The molecule has 2 aromatic heterocycles. The highest BCUT2D eigenvalue weighted by Gasteiger charge is 2.24. The summed E-state index contributed by atoms with van der Waals surface area (Å²) in [6.45, 7) is 1.74. The van der Waals surface area contributed by atoms with Gasteiger partial charge in [0.25, 0.3) is 11.5 Å². The minimum atomic E-state index is -0.728. The first-order valence-electron chi connectivity index (χ1n) is 9.38. The van der Waals surface area contributed by atoms with E-state index in [0.717, 1.165) is 32.1 Å². The van der Waals surface area contributed by atoms with Gasteiger partial charge in [-0.3, -0.25) is 24.1 Å². The number of aromatic hydroxyl groups is 1. The summed E-state index contributed by atoms with van der Waals surface area (Å²) in [6, 6.07) is 2.90. The van der Waals surface area contributed by atoms with Crippen molar-refractivity contribution in [2.75, 3.05) is 0 Å². The number of aromatic nitrogens is 3. The average Bonchev–Trinajstić information content (AvgIpc) is 2.71. The van der Waals surface area contributed by atoms with Crippen LogP contribution in [0.25, 0.3) is 0 Å². The third-order valence-corrected chi connectivity index (χ3v) is 4.92. The number of amides is 1. The van der Waals surface area contributed by atoms with E-state index in [1.165, 1.54) is 29.1 Å². The maximum Gasteiger partial charge on any atom is 0.331 e. The van der Waals surface area contributed by atoms with Crippen molar-refractivity contribution in [2.24, 2.45) is 5.10 Å². The zero-order chi connectivity index (χ0) is 20.1. The van der Waals surface area contributed by atoms with Crippen molar-refractivity contribution in [1.82, 2.24) is 20.0 Å². The van der Waals surface area contributed by atoms with Crippen LogP contribution in [0.5, 0.6) is 5.88 Å². The molecule has 0 radical (unpaired) electrons. The van der Waals surface area contributed by atoms with Crippen LogP contribution in [0.4, 0.5) is 0 Å². The van der Waals surface area contributed by atoms with Gasteiger partial charge >= 0.3 is 5.69 Å². The first-order valence-corrected chi connectivity index (χ1v) is 9.38. The third kappa shape index (κ3) is 4.03. The first-order chi connectivity index (χ1) is 13.5. The SMILES string of the molecule is CC/C(=N\NC(=O)c1ccncc1)c1c(O)n(C2CCCCC2)c(=O)[nH]c1=O. The molecule has 1 amide bonds. The normalized spacial score (nSPS) is 15.4. The summed E-state index contributed by atoms with van der Waals surface area (Å²) >= 11 is 0. The second-order valence-electron chi connectivity index (χ2n) is 6.71. The number of hydrazone groups is 1. The van der Waals surface area contributed by atoms with Gasteiger partial charge in [-0.2, -0.15) is 5.10 Å². The summed E-state index contributed by atoms with van der Waals surface area (Å²) in [7, 11) is 0. The van der Waals surface area contributed by atoms with E-state index < -0.39 is 23.0 Å². The molecular formula is C19H23N5O4. The predicted molar refractivity (Wildman–Crippen MR) is 104 cm³/mol. The van der Waals surface area contributed by atoms with E-state index in [0.29, 0.717) is 5.56 Å². The average molecular weight is 385 g/mol. The molecule has 0 unspecified atom stereocenters. The molecule has 9 nitrogen and oxygen atoms in total. The summed E-state index contributed by atoms with van der Waals surface area (Å²) < 4.78 is 1.24. The maximum atomic E-state index is 12.4. The fourth-order valence-electron chi connectivity index (χ4n) is 3.47. The number of pyridine rings is 1. The molecule has 0 saturated heterocycles. The molecule has 28 heavy (non-hydrogen) atoms. The molecular weight excluding hydrogens is 362 g/mol. The lowest BCUT2D eigenvalue weighted by Crippen LogP contribution is -2.37. The Bertz CT molecular complexity index is 988. The van der Waals surface area contributed by atoms with Gasteiger partial charge in [-0.15, -0.1) is 0 Å². The molecule has 3 rings (SSSR count). The van der Waals surface area contributed by atoms with Crippen LogP contribution in [0.15, 0.2) is 39.2 Å². The van der Waals surface area contributed by atoms with E-state index in [1.807, 2.05) is 0 Å². The van der Waals surface area contributed by atoms with Gasteiger partial charge in [-0.1, -0.05) is 26.2 Å². The van der Waals surface area contributed by atoms with Crippen molar-refractivity contribution in [2.45, 2.75) is 51.5 Å². The Morgan fingerprint density at radius 1 is 1.29 bits per heavy atom. The Morgan fingerprint density at radius 3 is 2.61 bits per heavy atom. The monoisotopic (exact) mass is 385 g/mol. The molecule has 2 aromatic rings. The highest BCUT2D eigenvalue weighted by molar-refractivity contribution is 6.03. The zero-order valence-electron chi connectivity index (χ0n) is 15.6. The number of aromatic amines is 1. The number of rotatable bonds is 5. The molecule has 0 spiro atoms. The van der Waals surface area contributed by atoms with Gasteiger partial charge in [0.05, 0.1) is 5.71 Å². The molecule has 2 heterocycles. The van der Waals surface area contributed by atoms with Crippen molar-refractivity contribution in [3.8, 4) is 5.88 Å². The minimum Gasteiger partial charge on any atom is -0.494 e. The van der Waals surface area contributed by atoms with Gasteiger partial charge in [0.1, 0.15) is 5.56 Å². The predicted octanol–water partition coefficient (Wildman–Crippen LogP) is 1.69. The summed E-state index contributed by atoms with van der Waals surface area (Å²) in [5.41, 5.74) is 1.48. The molecule has 1 saturated carbocycles. The lowest BCUT2D eigenvalue weighted by Gasteiger charge is -2.25. The van der Waals surface area contributed by atoms with Crippen LogP contribution in [0.2, 0.25) is 0 Å². The molecule has 1 fully saturated rings. The fourth-order valence-corrected chi connectivity index (χ4v) is 3.47. The number of hydrogen-bond acceptors (Lipinski definition) is 6. The van der Waals surface area contributed by atoms with Crippen LogP contribution < -0.4 is 16.7 Å². The molecule has 9 heteroatoms. The Morgan fingerprint density at radius 2 is 1.96 bits per heavy atom. The van der Waals surface area contributed by atoms with Crippen LogP contribution in [0.3, 0.4) is 0 Å². The number of carbonyl (C=O) groups is 1. The Balaban J connectivity index is 1.96. The number of hydrogen-bond donors (Lipinski definition) is 3. The van der Waals surface area contributed by atoms with E-state index >= 15 is 0 Å². The molecule has 1 aliphatic carbocycles. The number of nitrogens with zero attached hydrogens (tertiary/aromatic N) is 3. The van der Waals surface area contributed by atoms with Crippen LogP contribution in [0, 0.1) is 0 Å². The van der Waals surface area contributed by atoms with Gasteiger partial charge in [0.2, 0.25) is 5.88 Å². The van der Waals surface area contributed by atoms with Crippen molar-refractivity contribution >= 4 is 11.6 Å². The lowest BCUT2D eigenvalue weighted by molar-refractivity contribution is 0.0954. The van der Waals surface area contributed by atoms with Crippen molar-refractivity contribution in [1.29, 1.82) is 0 Å². The number of nitrogens with one attached hydrogen (secondary N) is 2. The molecule has 0 atom stereocenters. The van der Waals surface area contributed by atoms with Crippen LogP contribution in [0.1, 0.15) is 67.4 Å². The first kappa shape index (κ1) is 19.5. The maximum absolute atomic E-state index is 12.4. The molecule has 3 N–H and O–H groups in total. The lowest BCUT2D eigenvalue weighted by atomic mass is 9.95. The van der Waals surface area contributed by atoms with Crippen LogP contribution in [-0.4, -0.2) is 31.3 Å². The topological polar surface area (TPSA) is 129 Å². The number of H-pyrrole nitrogens is 1.